The fraction of sp³-hybridized carbons (Fsp3) is 0.250. The number of pyridine rings is 1. The number of aromatic nitrogens is 1. The fourth-order valence-corrected chi connectivity index (χ4v) is 2.16. The summed E-state index contributed by atoms with van der Waals surface area (Å²) < 4.78 is 1.05. The van der Waals surface area contributed by atoms with Crippen molar-refractivity contribution in [3.63, 3.8) is 0 Å². The summed E-state index contributed by atoms with van der Waals surface area (Å²) in [5.74, 6) is -0.143. The van der Waals surface area contributed by atoms with Crippen LogP contribution in [-0.2, 0) is 5.41 Å². The highest BCUT2D eigenvalue weighted by Gasteiger charge is 2.21. The molecule has 0 atom stereocenters. The summed E-state index contributed by atoms with van der Waals surface area (Å²) in [6, 6.07) is 13.5. The molecule has 0 radical (unpaired) electrons. The normalized spacial score (nSPS) is 11.2. The molecule has 0 unspecified atom stereocenters. The van der Waals surface area contributed by atoms with Crippen molar-refractivity contribution in [1.29, 1.82) is 0 Å². The van der Waals surface area contributed by atoms with Gasteiger partial charge in [0, 0.05) is 22.6 Å². The molecule has 3 nitrogen and oxygen atoms in total. The van der Waals surface area contributed by atoms with Crippen LogP contribution < -0.4 is 5.32 Å². The zero-order valence-electron chi connectivity index (χ0n) is 11.6. The molecule has 2 aromatic rings. The summed E-state index contributed by atoms with van der Waals surface area (Å²) in [6.07, 6.45) is 1.62. The molecule has 1 amide bonds. The first kappa shape index (κ1) is 14.7. The van der Waals surface area contributed by atoms with E-state index in [0.29, 0.717) is 12.2 Å². The van der Waals surface area contributed by atoms with Gasteiger partial charge in [-0.15, -0.1) is 0 Å². The van der Waals surface area contributed by atoms with Crippen molar-refractivity contribution in [2.75, 3.05) is 6.54 Å². The largest absolute Gasteiger partial charge is 0.350 e. The van der Waals surface area contributed by atoms with Gasteiger partial charge < -0.3 is 5.32 Å². The first-order valence-corrected chi connectivity index (χ1v) is 7.24. The van der Waals surface area contributed by atoms with Gasteiger partial charge in [0.2, 0.25) is 0 Å². The summed E-state index contributed by atoms with van der Waals surface area (Å²) >= 11 is 3.43. The van der Waals surface area contributed by atoms with Crippen LogP contribution in [0.1, 0.15) is 29.9 Å². The first-order chi connectivity index (χ1) is 9.49. The maximum absolute atomic E-state index is 12.0. The molecule has 1 N–H and O–H groups in total. The molecule has 1 aromatic carbocycles. The van der Waals surface area contributed by atoms with Crippen molar-refractivity contribution in [2.45, 2.75) is 19.3 Å². The Morgan fingerprint density at radius 3 is 2.50 bits per heavy atom. The Balaban J connectivity index is 2.02. The Labute approximate surface area is 127 Å². The van der Waals surface area contributed by atoms with Gasteiger partial charge in [0.05, 0.1) is 0 Å². The molecule has 2 rings (SSSR count). The molecule has 104 valence electrons. The summed E-state index contributed by atoms with van der Waals surface area (Å²) in [5.41, 5.74) is 1.49. The molecule has 0 bridgehead atoms. The number of carbonyl (C=O) groups excluding carboxylic acids is 1. The van der Waals surface area contributed by atoms with Crippen LogP contribution in [0.2, 0.25) is 0 Å². The lowest BCUT2D eigenvalue weighted by atomic mass is 9.84. The molecule has 4 heteroatoms. The molecule has 0 fully saturated rings. The first-order valence-electron chi connectivity index (χ1n) is 6.44. The molecule has 1 heterocycles. The molecular formula is C16H17BrN2O. The number of benzene rings is 1. The topological polar surface area (TPSA) is 42.0 Å². The van der Waals surface area contributed by atoms with E-state index >= 15 is 0 Å². The van der Waals surface area contributed by atoms with Crippen molar-refractivity contribution in [3.8, 4) is 0 Å². The van der Waals surface area contributed by atoms with Gasteiger partial charge in [0.25, 0.3) is 5.91 Å². The third kappa shape index (κ3) is 3.67. The fourth-order valence-electron chi connectivity index (χ4n) is 1.89. The molecule has 0 aliphatic rings. The molecule has 1 aromatic heterocycles. The Kier molecular flexibility index (Phi) is 4.55. The Bertz CT molecular complexity index is 579. The Hall–Kier alpha value is -1.68. The summed E-state index contributed by atoms with van der Waals surface area (Å²) in [7, 11) is 0. The highest BCUT2D eigenvalue weighted by Crippen LogP contribution is 2.24. The lowest BCUT2D eigenvalue weighted by Gasteiger charge is -2.25. The van der Waals surface area contributed by atoms with Crippen molar-refractivity contribution >= 4 is 21.8 Å². The van der Waals surface area contributed by atoms with E-state index in [1.807, 2.05) is 18.2 Å². The van der Waals surface area contributed by atoms with E-state index in [9.17, 15) is 4.79 Å². The van der Waals surface area contributed by atoms with Gasteiger partial charge >= 0.3 is 0 Å². The van der Waals surface area contributed by atoms with E-state index in [0.717, 1.165) is 4.47 Å². The number of halogens is 1. The van der Waals surface area contributed by atoms with Crippen LogP contribution >= 0.6 is 15.9 Å². The van der Waals surface area contributed by atoms with Crippen molar-refractivity contribution < 1.29 is 4.79 Å². The average Bonchev–Trinajstić information content (AvgIpc) is 2.46. The predicted octanol–water partition coefficient (Wildman–Crippen LogP) is 3.55. The number of rotatable bonds is 4. The van der Waals surface area contributed by atoms with Gasteiger partial charge in [-0.1, -0.05) is 48.0 Å². The second-order valence-electron chi connectivity index (χ2n) is 5.29. The molecule has 0 saturated carbocycles. The van der Waals surface area contributed by atoms with Crippen LogP contribution in [0, 0.1) is 0 Å². The van der Waals surface area contributed by atoms with E-state index in [1.165, 1.54) is 5.56 Å². The monoisotopic (exact) mass is 332 g/mol. The number of hydrogen-bond acceptors (Lipinski definition) is 2. The van der Waals surface area contributed by atoms with Crippen LogP contribution in [0.25, 0.3) is 0 Å². The minimum Gasteiger partial charge on any atom is -0.350 e. The number of nitrogens with zero attached hydrogens (tertiary/aromatic N) is 1. The molecule has 0 saturated heterocycles. The lowest BCUT2D eigenvalue weighted by molar-refractivity contribution is 0.0940. The van der Waals surface area contributed by atoms with Gasteiger partial charge in [-0.05, 0) is 29.8 Å². The van der Waals surface area contributed by atoms with Crippen LogP contribution in [0.15, 0.2) is 53.1 Å². The number of carbonyl (C=O) groups is 1. The number of amides is 1. The summed E-state index contributed by atoms with van der Waals surface area (Å²) in [6.45, 7) is 4.77. The van der Waals surface area contributed by atoms with Gasteiger partial charge in [-0.25, -0.2) is 0 Å². The SMILES string of the molecule is CC(C)(CNC(=O)c1ccccn1)c1ccc(Br)cc1. The van der Waals surface area contributed by atoms with Crippen LogP contribution in [0.3, 0.4) is 0 Å². The van der Waals surface area contributed by atoms with Crippen molar-refractivity contribution in [2.24, 2.45) is 0 Å². The minimum absolute atomic E-state index is 0.134. The summed E-state index contributed by atoms with van der Waals surface area (Å²) in [5, 5.41) is 2.94. The number of hydrogen-bond donors (Lipinski definition) is 1. The van der Waals surface area contributed by atoms with E-state index in [1.54, 1.807) is 18.3 Å². The molecule has 20 heavy (non-hydrogen) atoms. The smallest absolute Gasteiger partial charge is 0.269 e. The lowest BCUT2D eigenvalue weighted by Crippen LogP contribution is -2.36. The van der Waals surface area contributed by atoms with Gasteiger partial charge in [-0.3, -0.25) is 9.78 Å². The molecule has 0 spiro atoms. The van der Waals surface area contributed by atoms with E-state index in [-0.39, 0.29) is 11.3 Å². The molecular weight excluding hydrogens is 316 g/mol. The predicted molar refractivity (Wildman–Crippen MR) is 83.7 cm³/mol. The Morgan fingerprint density at radius 1 is 1.20 bits per heavy atom. The van der Waals surface area contributed by atoms with Crippen LogP contribution in [-0.4, -0.2) is 17.4 Å². The van der Waals surface area contributed by atoms with Gasteiger partial charge in [0.1, 0.15) is 5.69 Å². The zero-order valence-corrected chi connectivity index (χ0v) is 13.1. The highest BCUT2D eigenvalue weighted by molar-refractivity contribution is 9.10. The van der Waals surface area contributed by atoms with Crippen LogP contribution in [0.5, 0.6) is 0 Å². The Morgan fingerprint density at radius 2 is 1.90 bits per heavy atom. The minimum atomic E-state index is -0.143. The maximum atomic E-state index is 12.0. The average molecular weight is 333 g/mol. The van der Waals surface area contributed by atoms with Gasteiger partial charge in [0.15, 0.2) is 0 Å². The highest BCUT2D eigenvalue weighted by atomic mass is 79.9. The van der Waals surface area contributed by atoms with E-state index in [4.69, 9.17) is 0 Å². The second-order valence-corrected chi connectivity index (χ2v) is 6.20. The van der Waals surface area contributed by atoms with Crippen molar-refractivity contribution in [3.05, 3.63) is 64.4 Å². The molecule has 0 aliphatic carbocycles. The summed E-state index contributed by atoms with van der Waals surface area (Å²) in [4.78, 5) is 16.0. The van der Waals surface area contributed by atoms with Gasteiger partial charge in [-0.2, -0.15) is 0 Å². The van der Waals surface area contributed by atoms with Crippen LogP contribution in [0.4, 0.5) is 0 Å². The standard InChI is InChI=1S/C16H17BrN2O/c1-16(2,12-6-8-13(17)9-7-12)11-19-15(20)14-5-3-4-10-18-14/h3-10H,11H2,1-2H3,(H,19,20). The third-order valence-electron chi connectivity index (χ3n) is 3.21. The van der Waals surface area contributed by atoms with E-state index in [2.05, 4.69) is 52.2 Å². The zero-order chi connectivity index (χ0) is 14.6. The number of nitrogens with one attached hydrogen (secondary N) is 1. The second kappa shape index (κ2) is 6.18. The van der Waals surface area contributed by atoms with E-state index < -0.39 is 0 Å². The molecule has 0 aliphatic heterocycles. The maximum Gasteiger partial charge on any atom is 0.269 e. The third-order valence-corrected chi connectivity index (χ3v) is 3.74. The van der Waals surface area contributed by atoms with Crippen molar-refractivity contribution in [1.82, 2.24) is 10.3 Å². The quantitative estimate of drug-likeness (QED) is 0.930.